The first-order valence-electron chi connectivity index (χ1n) is 5.79. The number of methoxy groups -OCH3 is 1. The van der Waals surface area contributed by atoms with Crippen LogP contribution in [0.2, 0.25) is 0 Å². The molecule has 1 N–H and O–H groups in total. The third-order valence-corrected chi connectivity index (χ3v) is 3.28. The lowest BCUT2D eigenvalue weighted by Crippen LogP contribution is -2.43. The maximum Gasteiger partial charge on any atom is 0.232 e. The first-order valence-corrected chi connectivity index (χ1v) is 6.59. The van der Waals surface area contributed by atoms with E-state index >= 15 is 0 Å². The molecular weight excluding hydrogens is 300 g/mol. The largest absolute Gasteiger partial charge is 0.480 e. The summed E-state index contributed by atoms with van der Waals surface area (Å²) in [5.74, 6) is 1.07. The Balaban J connectivity index is 1.89. The van der Waals surface area contributed by atoms with Gasteiger partial charge >= 0.3 is 0 Å². The van der Waals surface area contributed by atoms with Crippen LogP contribution in [0, 0.1) is 0 Å². The van der Waals surface area contributed by atoms with Gasteiger partial charge in [0.15, 0.2) is 0 Å². The SMILES string of the molecule is COc1nc(NC[C@H]2CN(C)CCO2)ncc1Br. The number of halogens is 1. The highest BCUT2D eigenvalue weighted by Crippen LogP contribution is 2.21. The molecular formula is C11H17BrN4O2. The summed E-state index contributed by atoms with van der Waals surface area (Å²) in [4.78, 5) is 10.7. The zero-order chi connectivity index (χ0) is 13.0. The highest BCUT2D eigenvalue weighted by atomic mass is 79.9. The van der Waals surface area contributed by atoms with Crippen molar-refractivity contribution in [1.29, 1.82) is 0 Å². The molecule has 1 aliphatic rings. The van der Waals surface area contributed by atoms with Crippen molar-refractivity contribution in [2.45, 2.75) is 6.10 Å². The van der Waals surface area contributed by atoms with Gasteiger partial charge in [0.05, 0.1) is 30.5 Å². The van der Waals surface area contributed by atoms with Crippen molar-refractivity contribution in [3.8, 4) is 5.88 Å². The molecule has 0 radical (unpaired) electrons. The molecule has 2 heterocycles. The van der Waals surface area contributed by atoms with Gasteiger partial charge in [-0.2, -0.15) is 4.98 Å². The summed E-state index contributed by atoms with van der Waals surface area (Å²) in [7, 11) is 3.67. The number of anilines is 1. The molecule has 0 aromatic carbocycles. The van der Waals surface area contributed by atoms with Crippen molar-refractivity contribution in [3.05, 3.63) is 10.7 Å². The monoisotopic (exact) mass is 316 g/mol. The Bertz CT molecular complexity index is 405. The van der Waals surface area contributed by atoms with Gasteiger partial charge in [-0.25, -0.2) is 4.98 Å². The highest BCUT2D eigenvalue weighted by molar-refractivity contribution is 9.10. The standard InChI is InChI=1S/C11H17BrN4O2/c1-16-3-4-18-8(7-16)5-13-11-14-6-9(12)10(15-11)17-2/h6,8H,3-5,7H2,1-2H3,(H,13,14,15)/t8-/m0/s1. The van der Waals surface area contributed by atoms with Gasteiger partial charge in [0.25, 0.3) is 0 Å². The van der Waals surface area contributed by atoms with Crippen molar-refractivity contribution in [1.82, 2.24) is 14.9 Å². The molecule has 0 bridgehead atoms. The van der Waals surface area contributed by atoms with E-state index in [1.165, 1.54) is 0 Å². The number of hydrogen-bond donors (Lipinski definition) is 1. The Morgan fingerprint density at radius 3 is 3.22 bits per heavy atom. The van der Waals surface area contributed by atoms with Crippen LogP contribution in [0.4, 0.5) is 5.95 Å². The van der Waals surface area contributed by atoms with Crippen LogP contribution in [0.5, 0.6) is 5.88 Å². The van der Waals surface area contributed by atoms with Gasteiger partial charge in [-0.1, -0.05) is 0 Å². The summed E-state index contributed by atoms with van der Waals surface area (Å²) >= 11 is 3.32. The van der Waals surface area contributed by atoms with Crippen molar-refractivity contribution in [3.63, 3.8) is 0 Å². The van der Waals surface area contributed by atoms with Crippen LogP contribution >= 0.6 is 15.9 Å². The molecule has 0 amide bonds. The van der Waals surface area contributed by atoms with Crippen molar-refractivity contribution in [2.75, 3.05) is 45.7 Å². The fourth-order valence-corrected chi connectivity index (χ4v) is 2.13. The molecule has 0 unspecified atom stereocenters. The molecule has 1 fully saturated rings. The van der Waals surface area contributed by atoms with E-state index in [1.807, 2.05) is 0 Å². The van der Waals surface area contributed by atoms with E-state index in [0.29, 0.717) is 18.4 Å². The van der Waals surface area contributed by atoms with Gasteiger partial charge in [-0.05, 0) is 23.0 Å². The van der Waals surface area contributed by atoms with Gasteiger partial charge in [-0.15, -0.1) is 0 Å². The number of likely N-dealkylation sites (N-methyl/N-ethyl adjacent to an activating group) is 1. The lowest BCUT2D eigenvalue weighted by Gasteiger charge is -2.30. The molecule has 1 aromatic heterocycles. The van der Waals surface area contributed by atoms with E-state index in [0.717, 1.165) is 24.2 Å². The molecule has 1 atom stereocenters. The molecule has 2 rings (SSSR count). The molecule has 0 aliphatic carbocycles. The van der Waals surface area contributed by atoms with Crippen molar-refractivity contribution in [2.24, 2.45) is 0 Å². The van der Waals surface area contributed by atoms with E-state index < -0.39 is 0 Å². The lowest BCUT2D eigenvalue weighted by atomic mass is 10.3. The molecule has 1 saturated heterocycles. The van der Waals surface area contributed by atoms with Gasteiger partial charge in [0.1, 0.15) is 0 Å². The minimum absolute atomic E-state index is 0.169. The van der Waals surface area contributed by atoms with Gasteiger partial charge < -0.3 is 19.7 Å². The van der Waals surface area contributed by atoms with Crippen LogP contribution in [-0.2, 0) is 4.74 Å². The minimum Gasteiger partial charge on any atom is -0.480 e. The zero-order valence-electron chi connectivity index (χ0n) is 10.5. The van der Waals surface area contributed by atoms with Crippen LogP contribution in [0.3, 0.4) is 0 Å². The number of ether oxygens (including phenoxy) is 2. The number of rotatable bonds is 4. The molecule has 7 heteroatoms. The van der Waals surface area contributed by atoms with Crippen molar-refractivity contribution < 1.29 is 9.47 Å². The highest BCUT2D eigenvalue weighted by Gasteiger charge is 2.17. The molecule has 1 aromatic rings. The Morgan fingerprint density at radius 1 is 1.67 bits per heavy atom. The first-order chi connectivity index (χ1) is 8.69. The fraction of sp³-hybridized carbons (Fsp3) is 0.636. The summed E-state index contributed by atoms with van der Waals surface area (Å²) in [5, 5.41) is 3.16. The van der Waals surface area contributed by atoms with Gasteiger partial charge in [0.2, 0.25) is 11.8 Å². The maximum atomic E-state index is 5.65. The molecule has 18 heavy (non-hydrogen) atoms. The van der Waals surface area contributed by atoms with Gasteiger partial charge in [0, 0.05) is 19.6 Å². The molecule has 6 nitrogen and oxygen atoms in total. The second-order valence-electron chi connectivity index (χ2n) is 4.19. The van der Waals surface area contributed by atoms with Crippen LogP contribution in [-0.4, -0.2) is 61.4 Å². The zero-order valence-corrected chi connectivity index (χ0v) is 12.1. The number of aromatic nitrogens is 2. The Morgan fingerprint density at radius 2 is 2.50 bits per heavy atom. The van der Waals surface area contributed by atoms with E-state index in [4.69, 9.17) is 9.47 Å². The minimum atomic E-state index is 0.169. The summed E-state index contributed by atoms with van der Waals surface area (Å²) in [5.41, 5.74) is 0. The topological polar surface area (TPSA) is 59.5 Å². The average molecular weight is 317 g/mol. The first kappa shape index (κ1) is 13.5. The Kier molecular flexibility index (Phi) is 4.73. The number of hydrogen-bond acceptors (Lipinski definition) is 6. The Labute approximate surface area is 115 Å². The number of morpholine rings is 1. The van der Waals surface area contributed by atoms with Crippen LogP contribution in [0.1, 0.15) is 0 Å². The molecule has 0 saturated carbocycles. The van der Waals surface area contributed by atoms with E-state index in [9.17, 15) is 0 Å². The maximum absolute atomic E-state index is 5.65. The fourth-order valence-electron chi connectivity index (χ4n) is 1.78. The third kappa shape index (κ3) is 3.54. The lowest BCUT2D eigenvalue weighted by molar-refractivity contribution is -0.0118. The molecule has 100 valence electrons. The van der Waals surface area contributed by atoms with E-state index in [1.54, 1.807) is 13.3 Å². The van der Waals surface area contributed by atoms with E-state index in [2.05, 4.69) is 43.2 Å². The average Bonchev–Trinajstić information content (AvgIpc) is 2.38. The third-order valence-electron chi connectivity index (χ3n) is 2.74. The normalized spacial score (nSPS) is 20.7. The second kappa shape index (κ2) is 6.31. The predicted octanol–water partition coefficient (Wildman–Crippen LogP) is 0.990. The van der Waals surface area contributed by atoms with E-state index in [-0.39, 0.29) is 6.10 Å². The van der Waals surface area contributed by atoms with Gasteiger partial charge in [-0.3, -0.25) is 0 Å². The van der Waals surface area contributed by atoms with Crippen molar-refractivity contribution >= 4 is 21.9 Å². The smallest absolute Gasteiger partial charge is 0.232 e. The second-order valence-corrected chi connectivity index (χ2v) is 5.04. The number of nitrogens with one attached hydrogen (secondary N) is 1. The molecule has 0 spiro atoms. The summed E-state index contributed by atoms with van der Waals surface area (Å²) in [6.07, 6.45) is 1.84. The van der Waals surface area contributed by atoms with Crippen LogP contribution in [0.15, 0.2) is 10.7 Å². The predicted molar refractivity (Wildman–Crippen MR) is 72.0 cm³/mol. The number of nitrogens with zero attached hydrogens (tertiary/aromatic N) is 3. The summed E-state index contributed by atoms with van der Waals surface area (Å²) in [6, 6.07) is 0. The van der Waals surface area contributed by atoms with Crippen LogP contribution < -0.4 is 10.1 Å². The Hall–Kier alpha value is -0.920. The summed E-state index contributed by atoms with van der Waals surface area (Å²) in [6.45, 7) is 3.36. The molecule has 1 aliphatic heterocycles. The summed E-state index contributed by atoms with van der Waals surface area (Å²) < 4.78 is 11.5. The van der Waals surface area contributed by atoms with Crippen LogP contribution in [0.25, 0.3) is 0 Å². The quantitative estimate of drug-likeness (QED) is 0.894.